The van der Waals surface area contributed by atoms with Crippen LogP contribution >= 0.6 is 0 Å². The molecule has 2 aliphatic rings. The largest absolute Gasteiger partial charge is 0.348 e. The lowest BCUT2D eigenvalue weighted by molar-refractivity contribution is -0.110. The third kappa shape index (κ3) is 2.59. The Morgan fingerprint density at radius 2 is 2.26 bits per heavy atom. The number of amides is 1. The second-order valence-electron chi connectivity index (χ2n) is 5.20. The van der Waals surface area contributed by atoms with Gasteiger partial charge in [-0.1, -0.05) is 12.2 Å². The minimum atomic E-state index is -0.547. The maximum atomic E-state index is 14.0. The normalized spacial score (nSPS) is 19.5. The summed E-state index contributed by atoms with van der Waals surface area (Å²) < 4.78 is 14.0. The lowest BCUT2D eigenvalue weighted by Crippen LogP contribution is -2.48. The van der Waals surface area contributed by atoms with Crippen LogP contribution in [0.15, 0.2) is 40.4 Å². The number of carbonyl (C=O) groups is 1. The van der Waals surface area contributed by atoms with E-state index < -0.39 is 5.54 Å². The number of likely N-dealkylation sites (N-methyl/N-ethyl adjacent to an activating group) is 1. The summed E-state index contributed by atoms with van der Waals surface area (Å²) in [6.45, 7) is 3.76. The van der Waals surface area contributed by atoms with Gasteiger partial charge in [-0.2, -0.15) is 5.10 Å². The number of allylic oxidation sites excluding steroid dienone is 5. The summed E-state index contributed by atoms with van der Waals surface area (Å²) >= 11 is 0. The predicted molar refractivity (Wildman–Crippen MR) is 73.1 cm³/mol. The third-order valence-electron chi connectivity index (χ3n) is 3.38. The van der Waals surface area contributed by atoms with Gasteiger partial charge in [0.15, 0.2) is 0 Å². The van der Waals surface area contributed by atoms with Crippen LogP contribution in [0, 0.1) is 0 Å². The minimum absolute atomic E-state index is 0.244. The fourth-order valence-corrected chi connectivity index (χ4v) is 2.24. The van der Waals surface area contributed by atoms with Crippen LogP contribution in [0.5, 0.6) is 0 Å². The lowest BCUT2D eigenvalue weighted by Gasteiger charge is -2.33. The molecule has 1 N–H and O–H groups in total. The second-order valence-corrected chi connectivity index (χ2v) is 5.20. The van der Waals surface area contributed by atoms with Gasteiger partial charge >= 0.3 is 0 Å². The van der Waals surface area contributed by atoms with Crippen LogP contribution in [0.25, 0.3) is 0 Å². The van der Waals surface area contributed by atoms with Gasteiger partial charge in [-0.05, 0) is 31.9 Å². The van der Waals surface area contributed by atoms with Crippen molar-refractivity contribution in [1.29, 1.82) is 0 Å². The van der Waals surface area contributed by atoms with Gasteiger partial charge in [0.05, 0.1) is 16.9 Å². The highest BCUT2D eigenvalue weighted by Crippen LogP contribution is 2.31. The molecule has 4 nitrogen and oxygen atoms in total. The zero-order valence-corrected chi connectivity index (χ0v) is 11.4. The molecule has 0 saturated heterocycles. The summed E-state index contributed by atoms with van der Waals surface area (Å²) in [7, 11) is 1.72. The second kappa shape index (κ2) is 4.99. The Balaban J connectivity index is 2.35. The highest BCUT2D eigenvalue weighted by molar-refractivity contribution is 5.97. The van der Waals surface area contributed by atoms with E-state index in [1.165, 1.54) is 0 Å². The van der Waals surface area contributed by atoms with E-state index in [-0.39, 0.29) is 5.83 Å². The van der Waals surface area contributed by atoms with E-state index in [9.17, 15) is 9.18 Å². The summed E-state index contributed by atoms with van der Waals surface area (Å²) in [6.07, 6.45) is 7.18. The summed E-state index contributed by atoms with van der Waals surface area (Å²) in [6, 6.07) is 0. The molecule has 1 aliphatic carbocycles. The van der Waals surface area contributed by atoms with Crippen LogP contribution in [0.3, 0.4) is 0 Å². The van der Waals surface area contributed by atoms with Gasteiger partial charge in [-0.3, -0.25) is 9.80 Å². The number of nitrogens with one attached hydrogen (secondary N) is 1. The Kier molecular flexibility index (Phi) is 3.55. The maximum absolute atomic E-state index is 14.0. The molecule has 1 heterocycles. The molecular weight excluding hydrogens is 245 g/mol. The number of hydrogen-bond acceptors (Lipinski definition) is 3. The maximum Gasteiger partial charge on any atom is 0.207 e. The summed E-state index contributed by atoms with van der Waals surface area (Å²) in [5, 5.41) is 8.69. The zero-order chi connectivity index (χ0) is 14.0. The Hall–Kier alpha value is -1.91. The number of hydrogen-bond donors (Lipinski definition) is 1. The van der Waals surface area contributed by atoms with Crippen molar-refractivity contribution in [3.8, 4) is 0 Å². The van der Waals surface area contributed by atoms with Gasteiger partial charge in [0, 0.05) is 13.5 Å². The molecule has 102 valence electrons. The van der Waals surface area contributed by atoms with Gasteiger partial charge < -0.3 is 5.32 Å². The van der Waals surface area contributed by atoms with Gasteiger partial charge in [-0.15, -0.1) is 0 Å². The third-order valence-corrected chi connectivity index (χ3v) is 3.38. The molecule has 0 aromatic heterocycles. The zero-order valence-electron chi connectivity index (χ0n) is 11.4. The van der Waals surface area contributed by atoms with Crippen LogP contribution in [-0.4, -0.2) is 29.7 Å². The van der Waals surface area contributed by atoms with E-state index in [0.717, 1.165) is 11.3 Å². The fraction of sp³-hybridized carbons (Fsp3) is 0.429. The molecule has 2 rings (SSSR count). The molecule has 5 heteroatoms. The summed E-state index contributed by atoms with van der Waals surface area (Å²) in [5.41, 5.74) is 1.66. The first-order valence-corrected chi connectivity index (χ1v) is 6.24. The van der Waals surface area contributed by atoms with E-state index in [1.807, 2.05) is 26.0 Å². The molecule has 0 unspecified atom stereocenters. The molecule has 0 aromatic carbocycles. The van der Waals surface area contributed by atoms with Crippen LogP contribution in [0.4, 0.5) is 4.39 Å². The number of hydrazone groups is 1. The van der Waals surface area contributed by atoms with Gasteiger partial charge in [0.25, 0.3) is 0 Å². The van der Waals surface area contributed by atoms with Gasteiger partial charge in [-0.25, -0.2) is 4.39 Å². The number of halogens is 1. The van der Waals surface area contributed by atoms with Crippen LogP contribution in [0.2, 0.25) is 0 Å². The molecule has 1 aliphatic heterocycles. The van der Waals surface area contributed by atoms with Crippen LogP contribution < -0.4 is 5.32 Å². The summed E-state index contributed by atoms with van der Waals surface area (Å²) in [4.78, 5) is 10.7. The Labute approximate surface area is 112 Å². The number of nitrogens with zero attached hydrogens (tertiary/aromatic N) is 2. The van der Waals surface area contributed by atoms with E-state index in [4.69, 9.17) is 0 Å². The van der Waals surface area contributed by atoms with Crippen LogP contribution in [0.1, 0.15) is 26.7 Å². The first kappa shape index (κ1) is 13.5. The smallest absolute Gasteiger partial charge is 0.207 e. The molecule has 0 spiro atoms. The molecule has 0 bridgehead atoms. The van der Waals surface area contributed by atoms with Crippen molar-refractivity contribution >= 4 is 12.1 Å². The quantitative estimate of drug-likeness (QED) is 0.794. The SMILES string of the molecule is CN1N=C(C(C)(C)NC=O)CC2=C1C(F)=CCC=C2. The lowest BCUT2D eigenvalue weighted by atomic mass is 9.90. The molecule has 0 saturated carbocycles. The topological polar surface area (TPSA) is 44.7 Å². The number of rotatable bonds is 3. The molecule has 0 radical (unpaired) electrons. The van der Waals surface area contributed by atoms with Crippen molar-refractivity contribution in [3.63, 3.8) is 0 Å². The first-order valence-electron chi connectivity index (χ1n) is 6.24. The summed E-state index contributed by atoms with van der Waals surface area (Å²) in [5.74, 6) is -0.244. The fourth-order valence-electron chi connectivity index (χ4n) is 2.24. The van der Waals surface area contributed by atoms with Gasteiger partial charge in [0.1, 0.15) is 5.83 Å². The highest BCUT2D eigenvalue weighted by atomic mass is 19.1. The van der Waals surface area contributed by atoms with Crippen molar-refractivity contribution in [2.45, 2.75) is 32.2 Å². The molecule has 0 aromatic rings. The van der Waals surface area contributed by atoms with Crippen molar-refractivity contribution in [1.82, 2.24) is 10.3 Å². The molecule has 0 atom stereocenters. The van der Waals surface area contributed by atoms with Gasteiger partial charge in [0.2, 0.25) is 6.41 Å². The van der Waals surface area contributed by atoms with Crippen LogP contribution in [-0.2, 0) is 4.79 Å². The minimum Gasteiger partial charge on any atom is -0.348 e. The molecular formula is C14H18FN3O. The van der Waals surface area contributed by atoms with Crippen molar-refractivity contribution in [3.05, 3.63) is 35.3 Å². The average molecular weight is 263 g/mol. The van der Waals surface area contributed by atoms with Crippen molar-refractivity contribution in [2.24, 2.45) is 5.10 Å². The molecule has 0 fully saturated rings. The standard InChI is InChI=1S/C14H18FN3O/c1-14(2,16-9-19)12-8-10-6-4-5-7-11(15)13(10)18(3)17-12/h4,6-7,9H,5,8H2,1-3H3,(H,16,19). The Bertz CT molecular complexity index is 515. The van der Waals surface area contributed by atoms with E-state index in [1.54, 1.807) is 18.1 Å². The predicted octanol–water partition coefficient (Wildman–Crippen LogP) is 2.27. The highest BCUT2D eigenvalue weighted by Gasteiger charge is 2.31. The monoisotopic (exact) mass is 263 g/mol. The Morgan fingerprint density at radius 3 is 2.95 bits per heavy atom. The van der Waals surface area contributed by atoms with E-state index >= 15 is 0 Å². The van der Waals surface area contributed by atoms with E-state index in [0.29, 0.717) is 24.9 Å². The van der Waals surface area contributed by atoms with Crippen molar-refractivity contribution in [2.75, 3.05) is 7.05 Å². The Morgan fingerprint density at radius 1 is 1.53 bits per heavy atom. The average Bonchev–Trinajstić information content (AvgIpc) is 2.51. The number of carbonyl (C=O) groups excluding carboxylic acids is 1. The first-order chi connectivity index (χ1) is 8.95. The van der Waals surface area contributed by atoms with E-state index in [2.05, 4.69) is 10.4 Å². The molecule has 19 heavy (non-hydrogen) atoms. The molecule has 1 amide bonds. The van der Waals surface area contributed by atoms with Crippen molar-refractivity contribution < 1.29 is 9.18 Å².